The van der Waals surface area contributed by atoms with Gasteiger partial charge in [0.15, 0.2) is 0 Å². The summed E-state index contributed by atoms with van der Waals surface area (Å²) in [5.74, 6) is -2.12. The van der Waals surface area contributed by atoms with E-state index in [9.17, 15) is 9.18 Å². The third kappa shape index (κ3) is 1.73. The second-order valence-corrected chi connectivity index (χ2v) is 4.12. The molecule has 0 fully saturated rings. The molecule has 1 N–H and O–H groups in total. The van der Waals surface area contributed by atoms with Crippen molar-refractivity contribution >= 4 is 11.5 Å². The van der Waals surface area contributed by atoms with Gasteiger partial charge in [0.1, 0.15) is 0 Å². The van der Waals surface area contributed by atoms with Gasteiger partial charge in [-0.2, -0.15) is 4.39 Å². The van der Waals surface area contributed by atoms with Crippen molar-refractivity contribution in [3.05, 3.63) is 41.2 Å². The minimum atomic E-state index is -1.47. The molecule has 1 unspecified atom stereocenters. The maximum Gasteiger partial charge on any atom is 0.365 e. The molecule has 1 aliphatic rings. The van der Waals surface area contributed by atoms with Crippen LogP contribution in [0.2, 0.25) is 0 Å². The Bertz CT molecular complexity index is 463. The van der Waals surface area contributed by atoms with Gasteiger partial charge >= 0.3 is 5.97 Å². The second kappa shape index (κ2) is 4.08. The Morgan fingerprint density at radius 2 is 2.12 bits per heavy atom. The third-order valence-corrected chi connectivity index (χ3v) is 3.10. The van der Waals surface area contributed by atoms with Crippen LogP contribution in [0.15, 0.2) is 30.1 Å². The molecule has 1 atom stereocenters. The SMILES string of the molecule is CC1CC/C(=C(/F)C(=O)O)c2ccccc21. The molecule has 0 heterocycles. The lowest BCUT2D eigenvalue weighted by Crippen LogP contribution is -2.09. The lowest BCUT2D eigenvalue weighted by molar-refractivity contribution is -0.134. The van der Waals surface area contributed by atoms with Gasteiger partial charge < -0.3 is 5.11 Å². The van der Waals surface area contributed by atoms with Crippen molar-refractivity contribution in [1.82, 2.24) is 0 Å². The highest BCUT2D eigenvalue weighted by Crippen LogP contribution is 2.39. The number of fused-ring (bicyclic) bond motifs is 1. The number of halogens is 1. The molecule has 0 radical (unpaired) electrons. The van der Waals surface area contributed by atoms with Crippen molar-refractivity contribution in [2.45, 2.75) is 25.7 Å². The Hall–Kier alpha value is -1.64. The monoisotopic (exact) mass is 220 g/mol. The molecule has 0 amide bonds. The number of allylic oxidation sites excluding steroid dienone is 1. The average molecular weight is 220 g/mol. The van der Waals surface area contributed by atoms with E-state index in [0.717, 1.165) is 17.5 Å². The summed E-state index contributed by atoms with van der Waals surface area (Å²) in [6.45, 7) is 2.08. The Kier molecular flexibility index (Phi) is 2.77. The Labute approximate surface area is 93.4 Å². The Morgan fingerprint density at radius 1 is 1.44 bits per heavy atom. The van der Waals surface area contributed by atoms with Gasteiger partial charge in [0.05, 0.1) is 0 Å². The Balaban J connectivity index is 2.59. The van der Waals surface area contributed by atoms with Crippen molar-refractivity contribution in [2.24, 2.45) is 0 Å². The van der Waals surface area contributed by atoms with Crippen LogP contribution in [-0.4, -0.2) is 11.1 Å². The summed E-state index contributed by atoms with van der Waals surface area (Å²) in [5, 5.41) is 8.69. The van der Waals surface area contributed by atoms with Crippen LogP contribution < -0.4 is 0 Å². The van der Waals surface area contributed by atoms with Crippen LogP contribution in [0, 0.1) is 0 Å². The number of carboxylic acids is 1. The molecule has 2 rings (SSSR count). The number of hydrogen-bond acceptors (Lipinski definition) is 1. The topological polar surface area (TPSA) is 37.3 Å². The van der Waals surface area contributed by atoms with Gasteiger partial charge in [-0.3, -0.25) is 0 Å². The van der Waals surface area contributed by atoms with Crippen molar-refractivity contribution < 1.29 is 14.3 Å². The van der Waals surface area contributed by atoms with Crippen molar-refractivity contribution in [2.75, 3.05) is 0 Å². The smallest absolute Gasteiger partial charge is 0.365 e. The second-order valence-electron chi connectivity index (χ2n) is 4.12. The lowest BCUT2D eigenvalue weighted by atomic mass is 9.80. The van der Waals surface area contributed by atoms with Gasteiger partial charge in [-0.05, 0) is 29.9 Å². The molecule has 0 saturated heterocycles. The first-order valence-electron chi connectivity index (χ1n) is 5.32. The fraction of sp³-hybridized carbons (Fsp3) is 0.308. The van der Waals surface area contributed by atoms with Crippen LogP contribution in [0.4, 0.5) is 4.39 Å². The van der Waals surface area contributed by atoms with Crippen molar-refractivity contribution in [3.8, 4) is 0 Å². The van der Waals surface area contributed by atoms with Gasteiger partial charge in [-0.15, -0.1) is 0 Å². The first kappa shape index (κ1) is 10.9. The molecule has 0 bridgehead atoms. The zero-order valence-corrected chi connectivity index (χ0v) is 9.03. The van der Waals surface area contributed by atoms with Crippen molar-refractivity contribution in [3.63, 3.8) is 0 Å². The zero-order chi connectivity index (χ0) is 11.7. The highest BCUT2D eigenvalue weighted by atomic mass is 19.1. The first-order chi connectivity index (χ1) is 7.61. The number of aliphatic carboxylic acids is 1. The largest absolute Gasteiger partial charge is 0.476 e. The van der Waals surface area contributed by atoms with Crippen LogP contribution in [0.25, 0.3) is 5.57 Å². The molecule has 0 spiro atoms. The van der Waals surface area contributed by atoms with E-state index in [4.69, 9.17) is 5.11 Å². The summed E-state index contributed by atoms with van der Waals surface area (Å²) in [6, 6.07) is 7.44. The van der Waals surface area contributed by atoms with E-state index in [2.05, 4.69) is 6.92 Å². The predicted octanol–water partition coefficient (Wildman–Crippen LogP) is 3.35. The number of hydrogen-bond donors (Lipinski definition) is 1. The van der Waals surface area contributed by atoms with Gasteiger partial charge in [0, 0.05) is 5.57 Å². The van der Waals surface area contributed by atoms with Gasteiger partial charge in [0.2, 0.25) is 5.83 Å². The molecule has 2 nitrogen and oxygen atoms in total. The first-order valence-corrected chi connectivity index (χ1v) is 5.32. The summed E-state index contributed by atoms with van der Waals surface area (Å²) in [7, 11) is 0. The summed E-state index contributed by atoms with van der Waals surface area (Å²) in [6.07, 6.45) is 1.30. The average Bonchev–Trinajstić information content (AvgIpc) is 2.29. The summed E-state index contributed by atoms with van der Waals surface area (Å²) in [5.41, 5.74) is 2.13. The number of carbonyl (C=O) groups is 1. The molecular formula is C13H13FO2. The molecular weight excluding hydrogens is 207 g/mol. The quantitative estimate of drug-likeness (QED) is 0.737. The minimum absolute atomic E-state index is 0.334. The van der Waals surface area contributed by atoms with Crippen LogP contribution in [0.3, 0.4) is 0 Å². The van der Waals surface area contributed by atoms with Crippen LogP contribution >= 0.6 is 0 Å². The van der Waals surface area contributed by atoms with Gasteiger partial charge in [-0.25, -0.2) is 4.79 Å². The number of carboxylic acid groups (broad SMARTS) is 1. The normalized spacial score (nSPS) is 22.5. The van der Waals surface area contributed by atoms with Crippen LogP contribution in [0.5, 0.6) is 0 Å². The lowest BCUT2D eigenvalue weighted by Gasteiger charge is -2.24. The van der Waals surface area contributed by atoms with Gasteiger partial charge in [0.25, 0.3) is 0 Å². The van der Waals surface area contributed by atoms with Crippen molar-refractivity contribution in [1.29, 1.82) is 0 Å². The number of rotatable bonds is 1. The van der Waals surface area contributed by atoms with E-state index in [1.165, 1.54) is 0 Å². The predicted molar refractivity (Wildman–Crippen MR) is 59.8 cm³/mol. The standard InChI is InChI=1S/C13H13FO2/c1-8-6-7-11(12(14)13(15)16)10-5-3-2-4-9(8)10/h2-5,8H,6-7H2,1H3,(H,15,16)/b12-11-. The minimum Gasteiger partial charge on any atom is -0.476 e. The molecule has 1 aromatic rings. The van der Waals surface area contributed by atoms with Gasteiger partial charge in [-0.1, -0.05) is 31.2 Å². The van der Waals surface area contributed by atoms with E-state index >= 15 is 0 Å². The Morgan fingerprint density at radius 3 is 2.81 bits per heavy atom. The number of benzene rings is 1. The molecule has 3 heteroatoms. The molecule has 0 aromatic heterocycles. The van der Waals surface area contributed by atoms with Crippen LogP contribution in [-0.2, 0) is 4.79 Å². The molecule has 16 heavy (non-hydrogen) atoms. The highest BCUT2D eigenvalue weighted by Gasteiger charge is 2.24. The van der Waals surface area contributed by atoms with E-state index in [-0.39, 0.29) is 0 Å². The maximum absolute atomic E-state index is 13.5. The summed E-state index contributed by atoms with van der Waals surface area (Å²) >= 11 is 0. The fourth-order valence-electron chi connectivity index (χ4n) is 2.21. The summed E-state index contributed by atoms with van der Waals surface area (Å²) < 4.78 is 13.5. The molecule has 0 saturated carbocycles. The fourth-order valence-corrected chi connectivity index (χ4v) is 2.21. The molecule has 1 aliphatic carbocycles. The van der Waals surface area contributed by atoms with Crippen LogP contribution in [0.1, 0.15) is 36.8 Å². The van der Waals surface area contributed by atoms with E-state index in [1.54, 1.807) is 6.07 Å². The van der Waals surface area contributed by atoms with E-state index in [0.29, 0.717) is 17.9 Å². The maximum atomic E-state index is 13.5. The molecule has 84 valence electrons. The molecule has 1 aromatic carbocycles. The summed E-state index contributed by atoms with van der Waals surface area (Å²) in [4.78, 5) is 10.7. The van der Waals surface area contributed by atoms with E-state index in [1.807, 2.05) is 18.2 Å². The zero-order valence-electron chi connectivity index (χ0n) is 9.03. The van der Waals surface area contributed by atoms with E-state index < -0.39 is 11.8 Å². The highest BCUT2D eigenvalue weighted by molar-refractivity contribution is 5.94. The third-order valence-electron chi connectivity index (χ3n) is 3.10. The molecule has 0 aliphatic heterocycles.